The van der Waals surface area contributed by atoms with Gasteiger partial charge in [-0.1, -0.05) is 13.8 Å². The first kappa shape index (κ1) is 13.3. The van der Waals surface area contributed by atoms with E-state index in [9.17, 15) is 0 Å². The lowest BCUT2D eigenvalue weighted by molar-refractivity contribution is 0.619. The van der Waals surface area contributed by atoms with Crippen molar-refractivity contribution in [2.24, 2.45) is 5.92 Å². The van der Waals surface area contributed by atoms with Crippen molar-refractivity contribution in [1.29, 1.82) is 0 Å². The second-order valence-corrected chi connectivity index (χ2v) is 5.70. The molecule has 0 aliphatic carbocycles. The molecule has 2 heterocycles. The standard InChI is InChI=1S/C14H18BrN3/c1-4-18(9-10(2)3)13-5-6-16-12-7-11(15)8-17-14(12)13/h5-8,10H,4,9H2,1-3H3. The van der Waals surface area contributed by atoms with E-state index in [0.717, 1.165) is 28.6 Å². The summed E-state index contributed by atoms with van der Waals surface area (Å²) in [6.07, 6.45) is 3.69. The molecular formula is C14H18BrN3. The highest BCUT2D eigenvalue weighted by Gasteiger charge is 2.11. The zero-order valence-electron chi connectivity index (χ0n) is 11.0. The van der Waals surface area contributed by atoms with Crippen LogP contribution in [0.2, 0.25) is 0 Å². The molecule has 18 heavy (non-hydrogen) atoms. The van der Waals surface area contributed by atoms with Gasteiger partial charge in [0.1, 0.15) is 5.52 Å². The summed E-state index contributed by atoms with van der Waals surface area (Å²) in [6, 6.07) is 4.06. The normalized spacial score (nSPS) is 11.2. The quantitative estimate of drug-likeness (QED) is 0.858. The van der Waals surface area contributed by atoms with E-state index >= 15 is 0 Å². The highest BCUT2D eigenvalue weighted by atomic mass is 79.9. The molecule has 0 saturated carbocycles. The van der Waals surface area contributed by atoms with E-state index in [1.165, 1.54) is 5.69 Å². The number of fused-ring (bicyclic) bond motifs is 1. The van der Waals surface area contributed by atoms with Gasteiger partial charge in [-0.3, -0.25) is 9.97 Å². The Morgan fingerprint density at radius 3 is 2.78 bits per heavy atom. The summed E-state index contributed by atoms with van der Waals surface area (Å²) in [5.41, 5.74) is 3.08. The molecule has 0 aliphatic heterocycles. The van der Waals surface area contributed by atoms with E-state index in [1.54, 1.807) is 0 Å². The highest BCUT2D eigenvalue weighted by Crippen LogP contribution is 2.25. The van der Waals surface area contributed by atoms with Crippen LogP contribution >= 0.6 is 15.9 Å². The van der Waals surface area contributed by atoms with Gasteiger partial charge in [-0.05, 0) is 40.9 Å². The average molecular weight is 308 g/mol. The molecule has 0 atom stereocenters. The minimum Gasteiger partial charge on any atom is -0.370 e. The summed E-state index contributed by atoms with van der Waals surface area (Å²) < 4.78 is 0.964. The number of rotatable bonds is 4. The third-order valence-electron chi connectivity index (χ3n) is 2.83. The molecule has 0 aliphatic rings. The summed E-state index contributed by atoms with van der Waals surface area (Å²) in [6.45, 7) is 8.65. The first-order chi connectivity index (χ1) is 8.61. The van der Waals surface area contributed by atoms with Crippen LogP contribution in [0.3, 0.4) is 0 Å². The molecule has 96 valence electrons. The molecule has 0 saturated heterocycles. The van der Waals surface area contributed by atoms with Crippen LogP contribution in [0.15, 0.2) is 29.0 Å². The maximum Gasteiger partial charge on any atom is 0.112 e. The Kier molecular flexibility index (Phi) is 4.17. The van der Waals surface area contributed by atoms with E-state index in [0.29, 0.717) is 5.92 Å². The molecule has 0 fully saturated rings. The number of aromatic nitrogens is 2. The molecule has 0 spiro atoms. The molecule has 3 nitrogen and oxygen atoms in total. The van der Waals surface area contributed by atoms with Crippen LogP contribution < -0.4 is 4.90 Å². The summed E-state index contributed by atoms with van der Waals surface area (Å²) >= 11 is 3.44. The van der Waals surface area contributed by atoms with Crippen LogP contribution in [0.4, 0.5) is 5.69 Å². The van der Waals surface area contributed by atoms with Crippen LogP contribution in [0.5, 0.6) is 0 Å². The average Bonchev–Trinajstić information content (AvgIpc) is 2.34. The number of hydrogen-bond donors (Lipinski definition) is 0. The smallest absolute Gasteiger partial charge is 0.112 e. The molecule has 0 N–H and O–H groups in total. The van der Waals surface area contributed by atoms with Gasteiger partial charge in [0.2, 0.25) is 0 Å². The van der Waals surface area contributed by atoms with Gasteiger partial charge in [0.05, 0.1) is 11.2 Å². The van der Waals surface area contributed by atoms with Crippen molar-refractivity contribution in [3.63, 3.8) is 0 Å². The molecule has 0 aromatic carbocycles. The van der Waals surface area contributed by atoms with Crippen molar-refractivity contribution in [2.75, 3.05) is 18.0 Å². The van der Waals surface area contributed by atoms with Crippen LogP contribution in [0, 0.1) is 5.92 Å². The Morgan fingerprint density at radius 2 is 2.11 bits per heavy atom. The van der Waals surface area contributed by atoms with Crippen molar-refractivity contribution in [1.82, 2.24) is 9.97 Å². The Labute approximate surface area is 116 Å². The lowest BCUT2D eigenvalue weighted by Gasteiger charge is -2.25. The largest absolute Gasteiger partial charge is 0.370 e. The summed E-state index contributed by atoms with van der Waals surface area (Å²) in [7, 11) is 0. The summed E-state index contributed by atoms with van der Waals surface area (Å²) in [4.78, 5) is 11.2. The van der Waals surface area contributed by atoms with E-state index in [4.69, 9.17) is 0 Å². The van der Waals surface area contributed by atoms with E-state index in [1.807, 2.05) is 18.5 Å². The SMILES string of the molecule is CCN(CC(C)C)c1ccnc2cc(Br)cnc12. The van der Waals surface area contributed by atoms with Crippen LogP contribution in [0.1, 0.15) is 20.8 Å². The first-order valence-electron chi connectivity index (χ1n) is 6.27. The fourth-order valence-electron chi connectivity index (χ4n) is 2.09. The third-order valence-corrected chi connectivity index (χ3v) is 3.26. The molecule has 0 unspecified atom stereocenters. The van der Waals surface area contributed by atoms with E-state index in [2.05, 4.69) is 57.6 Å². The van der Waals surface area contributed by atoms with Gasteiger partial charge < -0.3 is 4.90 Å². The monoisotopic (exact) mass is 307 g/mol. The number of halogens is 1. The van der Waals surface area contributed by atoms with Crippen molar-refractivity contribution >= 4 is 32.7 Å². The highest BCUT2D eigenvalue weighted by molar-refractivity contribution is 9.10. The number of nitrogens with zero attached hydrogens (tertiary/aromatic N) is 3. The second kappa shape index (κ2) is 5.65. The van der Waals surface area contributed by atoms with Crippen molar-refractivity contribution < 1.29 is 0 Å². The van der Waals surface area contributed by atoms with Gasteiger partial charge in [0.25, 0.3) is 0 Å². The number of anilines is 1. The molecule has 2 aromatic heterocycles. The van der Waals surface area contributed by atoms with E-state index in [-0.39, 0.29) is 0 Å². The predicted octanol–water partition coefficient (Wildman–Crippen LogP) is 3.87. The zero-order chi connectivity index (χ0) is 13.1. The lowest BCUT2D eigenvalue weighted by atomic mass is 10.2. The van der Waals surface area contributed by atoms with Gasteiger partial charge in [-0.15, -0.1) is 0 Å². The first-order valence-corrected chi connectivity index (χ1v) is 7.06. The topological polar surface area (TPSA) is 29.0 Å². The molecule has 2 rings (SSSR count). The zero-order valence-corrected chi connectivity index (χ0v) is 12.6. The van der Waals surface area contributed by atoms with Gasteiger partial charge >= 0.3 is 0 Å². The third kappa shape index (κ3) is 2.80. The van der Waals surface area contributed by atoms with Gasteiger partial charge in [0.15, 0.2) is 0 Å². The fraction of sp³-hybridized carbons (Fsp3) is 0.429. The minimum absolute atomic E-state index is 0.628. The van der Waals surface area contributed by atoms with Crippen molar-refractivity contribution in [3.8, 4) is 0 Å². The van der Waals surface area contributed by atoms with Crippen LogP contribution in [-0.4, -0.2) is 23.1 Å². The van der Waals surface area contributed by atoms with Crippen LogP contribution in [-0.2, 0) is 0 Å². The molecular weight excluding hydrogens is 290 g/mol. The number of hydrogen-bond acceptors (Lipinski definition) is 3. The maximum atomic E-state index is 4.51. The molecule has 2 aromatic rings. The Bertz CT molecular complexity index is 540. The van der Waals surface area contributed by atoms with Crippen LogP contribution in [0.25, 0.3) is 11.0 Å². The van der Waals surface area contributed by atoms with Gasteiger partial charge in [-0.2, -0.15) is 0 Å². The second-order valence-electron chi connectivity index (χ2n) is 4.78. The minimum atomic E-state index is 0.628. The van der Waals surface area contributed by atoms with Gasteiger partial charge in [-0.25, -0.2) is 0 Å². The van der Waals surface area contributed by atoms with Crippen molar-refractivity contribution in [3.05, 3.63) is 29.0 Å². The molecule has 0 bridgehead atoms. The number of pyridine rings is 2. The maximum absolute atomic E-state index is 4.51. The fourth-order valence-corrected chi connectivity index (χ4v) is 2.40. The summed E-state index contributed by atoms with van der Waals surface area (Å²) in [5, 5.41) is 0. The van der Waals surface area contributed by atoms with Gasteiger partial charge in [0, 0.05) is 30.0 Å². The Hall–Kier alpha value is -1.16. The molecule has 0 amide bonds. The molecule has 0 radical (unpaired) electrons. The Balaban J connectivity index is 2.49. The lowest BCUT2D eigenvalue weighted by Crippen LogP contribution is -2.27. The van der Waals surface area contributed by atoms with Crippen molar-refractivity contribution in [2.45, 2.75) is 20.8 Å². The van der Waals surface area contributed by atoms with E-state index < -0.39 is 0 Å². The predicted molar refractivity (Wildman–Crippen MR) is 80.0 cm³/mol. The Morgan fingerprint density at radius 1 is 1.33 bits per heavy atom. The molecule has 4 heteroatoms. The summed E-state index contributed by atoms with van der Waals surface area (Å²) in [5.74, 6) is 0.628.